The van der Waals surface area contributed by atoms with Gasteiger partial charge in [-0.25, -0.2) is 8.42 Å². The molecule has 1 aromatic carbocycles. The van der Waals surface area contributed by atoms with Crippen molar-refractivity contribution in [2.24, 2.45) is 0 Å². The molecule has 0 spiro atoms. The van der Waals surface area contributed by atoms with Gasteiger partial charge in [0.2, 0.25) is 0 Å². The van der Waals surface area contributed by atoms with Crippen LogP contribution >= 0.6 is 12.4 Å². The number of likely N-dealkylation sites (tertiary alicyclic amines) is 1. The van der Waals surface area contributed by atoms with Crippen LogP contribution in [0.3, 0.4) is 0 Å². The standard InChI is InChI=1S/C15H21NO3S.ClH/c17-20(18,14-4-2-1-3-5-14)15-6-9-16(12-15)13-7-10-19-11-8-13;/h1-5,13,15H,6-12H2;1H. The van der Waals surface area contributed by atoms with E-state index in [-0.39, 0.29) is 17.7 Å². The predicted octanol–water partition coefficient (Wildman–Crippen LogP) is 2.14. The highest BCUT2D eigenvalue weighted by molar-refractivity contribution is 7.92. The topological polar surface area (TPSA) is 46.6 Å². The quantitative estimate of drug-likeness (QED) is 0.851. The Kier molecular flexibility index (Phi) is 5.66. The lowest BCUT2D eigenvalue weighted by Crippen LogP contribution is -2.39. The van der Waals surface area contributed by atoms with Gasteiger partial charge in [0.05, 0.1) is 10.1 Å². The first kappa shape index (κ1) is 16.7. The number of hydrogen-bond acceptors (Lipinski definition) is 4. The summed E-state index contributed by atoms with van der Waals surface area (Å²) >= 11 is 0. The zero-order valence-corrected chi connectivity index (χ0v) is 13.6. The molecule has 1 unspecified atom stereocenters. The van der Waals surface area contributed by atoms with E-state index in [2.05, 4.69) is 4.90 Å². The van der Waals surface area contributed by atoms with Crippen molar-refractivity contribution in [1.82, 2.24) is 4.90 Å². The summed E-state index contributed by atoms with van der Waals surface area (Å²) in [6, 6.07) is 9.33. The summed E-state index contributed by atoms with van der Waals surface area (Å²) in [6.07, 6.45) is 2.80. The van der Waals surface area contributed by atoms with E-state index in [0.717, 1.165) is 39.0 Å². The van der Waals surface area contributed by atoms with Crippen molar-refractivity contribution < 1.29 is 13.2 Å². The van der Waals surface area contributed by atoms with Crippen molar-refractivity contribution in [1.29, 1.82) is 0 Å². The molecule has 2 aliphatic rings. The average Bonchev–Trinajstić information content (AvgIpc) is 3.00. The molecule has 0 bridgehead atoms. The first-order valence-corrected chi connectivity index (χ1v) is 8.83. The fraction of sp³-hybridized carbons (Fsp3) is 0.600. The van der Waals surface area contributed by atoms with Crippen molar-refractivity contribution >= 4 is 22.2 Å². The van der Waals surface area contributed by atoms with Gasteiger partial charge in [0.1, 0.15) is 0 Å². The van der Waals surface area contributed by atoms with Gasteiger partial charge in [0.25, 0.3) is 0 Å². The van der Waals surface area contributed by atoms with Gasteiger partial charge in [-0.3, -0.25) is 4.90 Å². The van der Waals surface area contributed by atoms with Gasteiger partial charge in [-0.1, -0.05) is 18.2 Å². The van der Waals surface area contributed by atoms with Gasteiger partial charge in [-0.2, -0.15) is 0 Å². The SMILES string of the molecule is Cl.O=S(=O)(c1ccccc1)C1CCN(C2CCOCC2)C1. The van der Waals surface area contributed by atoms with Crippen molar-refractivity contribution in [2.45, 2.75) is 35.4 Å². The maximum Gasteiger partial charge on any atom is 0.182 e. The molecule has 2 fully saturated rings. The Labute approximate surface area is 132 Å². The molecule has 2 saturated heterocycles. The first-order valence-electron chi connectivity index (χ1n) is 7.28. The minimum Gasteiger partial charge on any atom is -0.381 e. The Morgan fingerprint density at radius 3 is 2.38 bits per heavy atom. The third kappa shape index (κ3) is 3.59. The maximum atomic E-state index is 12.6. The highest BCUT2D eigenvalue weighted by Gasteiger charge is 2.36. The van der Waals surface area contributed by atoms with E-state index in [1.165, 1.54) is 0 Å². The van der Waals surface area contributed by atoms with Crippen molar-refractivity contribution in [3.8, 4) is 0 Å². The van der Waals surface area contributed by atoms with Gasteiger partial charge in [0, 0.05) is 25.8 Å². The zero-order chi connectivity index (χ0) is 14.0. The van der Waals surface area contributed by atoms with Crippen LogP contribution in [0.2, 0.25) is 0 Å². The monoisotopic (exact) mass is 331 g/mol. The molecule has 2 heterocycles. The molecule has 118 valence electrons. The molecule has 1 aromatic rings. The van der Waals surface area contributed by atoms with Crippen LogP contribution in [0, 0.1) is 0 Å². The van der Waals surface area contributed by atoms with Crippen LogP contribution in [-0.4, -0.2) is 50.9 Å². The number of ether oxygens (including phenoxy) is 1. The average molecular weight is 332 g/mol. The number of nitrogens with zero attached hydrogens (tertiary/aromatic N) is 1. The second-order valence-electron chi connectivity index (χ2n) is 5.61. The summed E-state index contributed by atoms with van der Waals surface area (Å²) in [5, 5.41) is -0.257. The van der Waals surface area contributed by atoms with Gasteiger partial charge >= 0.3 is 0 Å². The van der Waals surface area contributed by atoms with E-state index < -0.39 is 9.84 Å². The fourth-order valence-corrected chi connectivity index (χ4v) is 4.92. The van der Waals surface area contributed by atoms with Crippen LogP contribution in [0.1, 0.15) is 19.3 Å². The number of sulfone groups is 1. The predicted molar refractivity (Wildman–Crippen MR) is 84.7 cm³/mol. The van der Waals surface area contributed by atoms with Crippen LogP contribution in [0.25, 0.3) is 0 Å². The Morgan fingerprint density at radius 2 is 1.71 bits per heavy atom. The minimum atomic E-state index is -3.18. The van der Waals surface area contributed by atoms with Crippen LogP contribution in [-0.2, 0) is 14.6 Å². The molecule has 6 heteroatoms. The normalized spacial score (nSPS) is 24.7. The van der Waals surface area contributed by atoms with Crippen molar-refractivity contribution in [3.05, 3.63) is 30.3 Å². The Hall–Kier alpha value is -0.620. The lowest BCUT2D eigenvalue weighted by molar-refractivity contribution is 0.0425. The second kappa shape index (κ2) is 7.09. The minimum absolute atomic E-state index is 0. The molecule has 4 nitrogen and oxygen atoms in total. The van der Waals surface area contributed by atoms with Crippen LogP contribution in [0.15, 0.2) is 35.2 Å². The molecule has 0 aromatic heterocycles. The van der Waals surface area contributed by atoms with Crippen LogP contribution in [0.4, 0.5) is 0 Å². The third-order valence-electron chi connectivity index (χ3n) is 4.39. The molecule has 21 heavy (non-hydrogen) atoms. The third-order valence-corrected chi connectivity index (χ3v) is 6.59. The van der Waals surface area contributed by atoms with Gasteiger partial charge in [0.15, 0.2) is 9.84 Å². The van der Waals surface area contributed by atoms with E-state index in [0.29, 0.717) is 17.5 Å². The number of hydrogen-bond donors (Lipinski definition) is 0. The van der Waals surface area contributed by atoms with Crippen LogP contribution < -0.4 is 0 Å². The summed E-state index contributed by atoms with van der Waals surface area (Å²) in [5.74, 6) is 0. The highest BCUT2D eigenvalue weighted by atomic mass is 35.5. The molecular formula is C15H22ClNO3S. The summed E-state index contributed by atoms with van der Waals surface area (Å²) in [7, 11) is -3.18. The van der Waals surface area contributed by atoms with Crippen molar-refractivity contribution in [2.75, 3.05) is 26.3 Å². The van der Waals surface area contributed by atoms with E-state index in [1.807, 2.05) is 6.07 Å². The summed E-state index contributed by atoms with van der Waals surface area (Å²) in [5.41, 5.74) is 0. The molecular weight excluding hydrogens is 310 g/mol. The van der Waals surface area contributed by atoms with E-state index in [4.69, 9.17) is 4.74 Å². The lowest BCUT2D eigenvalue weighted by Gasteiger charge is -2.30. The Balaban J connectivity index is 0.00000161. The molecule has 3 rings (SSSR count). The van der Waals surface area contributed by atoms with Crippen molar-refractivity contribution in [3.63, 3.8) is 0 Å². The fourth-order valence-electron chi connectivity index (χ4n) is 3.19. The smallest absolute Gasteiger partial charge is 0.182 e. The summed E-state index contributed by atoms with van der Waals surface area (Å²) in [4.78, 5) is 2.80. The number of rotatable bonds is 3. The lowest BCUT2D eigenvalue weighted by atomic mass is 10.1. The second-order valence-corrected chi connectivity index (χ2v) is 7.84. The molecule has 2 aliphatic heterocycles. The summed E-state index contributed by atoms with van der Waals surface area (Å²) in [6.45, 7) is 3.16. The Morgan fingerprint density at radius 1 is 1.05 bits per heavy atom. The van der Waals surface area contributed by atoms with Gasteiger partial charge in [-0.05, 0) is 37.9 Å². The number of halogens is 1. The Bertz CT molecular complexity index is 543. The first-order chi connectivity index (χ1) is 9.68. The highest BCUT2D eigenvalue weighted by Crippen LogP contribution is 2.27. The number of benzene rings is 1. The largest absolute Gasteiger partial charge is 0.381 e. The molecule has 0 saturated carbocycles. The van der Waals surface area contributed by atoms with E-state index >= 15 is 0 Å². The molecule has 1 atom stereocenters. The molecule has 0 radical (unpaired) electrons. The molecule has 0 amide bonds. The van der Waals surface area contributed by atoms with Crippen LogP contribution in [0.5, 0.6) is 0 Å². The van der Waals surface area contributed by atoms with Gasteiger partial charge < -0.3 is 4.74 Å². The molecule has 0 N–H and O–H groups in total. The summed E-state index contributed by atoms with van der Waals surface area (Å²) < 4.78 is 30.6. The van der Waals surface area contributed by atoms with E-state index in [9.17, 15) is 8.42 Å². The molecule has 0 aliphatic carbocycles. The van der Waals surface area contributed by atoms with Gasteiger partial charge in [-0.15, -0.1) is 12.4 Å². The zero-order valence-electron chi connectivity index (χ0n) is 12.0. The van der Waals surface area contributed by atoms with E-state index in [1.54, 1.807) is 24.3 Å². The maximum absolute atomic E-state index is 12.6.